The van der Waals surface area contributed by atoms with Crippen LogP contribution in [0.2, 0.25) is 0 Å². The Morgan fingerprint density at radius 3 is 2.50 bits per heavy atom. The molecule has 0 aliphatic heterocycles. The van der Waals surface area contributed by atoms with Gasteiger partial charge >= 0.3 is 5.97 Å². The molecule has 0 saturated heterocycles. The van der Waals surface area contributed by atoms with E-state index in [0.717, 1.165) is 40.7 Å². The zero-order valence-electron chi connectivity index (χ0n) is 17.5. The number of nitrogens with zero attached hydrogens (tertiary/aromatic N) is 2. The van der Waals surface area contributed by atoms with E-state index in [4.69, 9.17) is 4.74 Å². The average Bonchev–Trinajstić information content (AvgIpc) is 3.34. The first-order valence-electron chi connectivity index (χ1n) is 9.37. The van der Waals surface area contributed by atoms with E-state index < -0.39 is 43.7 Å². The van der Waals surface area contributed by atoms with Gasteiger partial charge in [-0.3, -0.25) is 14.9 Å². The van der Waals surface area contributed by atoms with Crippen molar-refractivity contribution in [1.82, 2.24) is 4.57 Å². The molecule has 2 aromatic heterocycles. The smallest absolute Gasteiger partial charge is 0.338 e. The summed E-state index contributed by atoms with van der Waals surface area (Å²) < 4.78 is 30.5. The fourth-order valence-electron chi connectivity index (χ4n) is 3.28. The molecule has 11 heteroatoms. The maximum Gasteiger partial charge on any atom is 0.338 e. The number of Topliss-reactive ketones (excluding diaryl/α,β-unsaturated/α-hetero) is 1. The Bertz CT molecular complexity index is 1310. The molecule has 0 spiro atoms. The first-order valence-corrected chi connectivity index (χ1v) is 12.1. The third-order valence-corrected chi connectivity index (χ3v) is 6.90. The Balaban J connectivity index is 1.75. The summed E-state index contributed by atoms with van der Waals surface area (Å²) in [6.45, 7) is 3.76. The fraction of sp³-hybridized carbons (Fsp3) is 0.238. The number of esters is 1. The molecule has 0 radical (unpaired) electrons. The first kappa shape index (κ1) is 23.4. The van der Waals surface area contributed by atoms with Crippen molar-refractivity contribution in [2.24, 2.45) is 0 Å². The third kappa shape index (κ3) is 4.94. The van der Waals surface area contributed by atoms with Gasteiger partial charge in [-0.05, 0) is 43.5 Å². The van der Waals surface area contributed by atoms with Gasteiger partial charge in [0.1, 0.15) is 4.90 Å². The van der Waals surface area contributed by atoms with Crippen LogP contribution in [0.25, 0.3) is 0 Å². The molecule has 1 aromatic carbocycles. The summed E-state index contributed by atoms with van der Waals surface area (Å²) in [5.41, 5.74) is 1.10. The zero-order chi connectivity index (χ0) is 23.6. The number of benzene rings is 1. The summed E-state index contributed by atoms with van der Waals surface area (Å²) in [5.74, 6) is -1.37. The van der Waals surface area contributed by atoms with Crippen LogP contribution in [0, 0.1) is 24.0 Å². The lowest BCUT2D eigenvalue weighted by molar-refractivity contribution is -0.387. The van der Waals surface area contributed by atoms with E-state index in [1.807, 2.05) is 35.9 Å². The van der Waals surface area contributed by atoms with Crippen molar-refractivity contribution in [3.8, 4) is 0 Å². The van der Waals surface area contributed by atoms with Crippen molar-refractivity contribution in [3.63, 3.8) is 0 Å². The summed E-state index contributed by atoms with van der Waals surface area (Å²) in [7, 11) is -3.86. The van der Waals surface area contributed by atoms with E-state index in [9.17, 15) is 28.1 Å². The summed E-state index contributed by atoms with van der Waals surface area (Å²) in [6, 6.07) is 8.60. The first-order chi connectivity index (χ1) is 15.0. The van der Waals surface area contributed by atoms with Gasteiger partial charge in [0.2, 0.25) is 5.78 Å². The van der Waals surface area contributed by atoms with Crippen LogP contribution in [0.15, 0.2) is 46.7 Å². The van der Waals surface area contributed by atoms with E-state index in [-0.39, 0.29) is 5.56 Å². The van der Waals surface area contributed by atoms with Crippen LogP contribution in [0.4, 0.5) is 5.69 Å². The van der Waals surface area contributed by atoms with Crippen molar-refractivity contribution >= 4 is 38.6 Å². The minimum Gasteiger partial charge on any atom is -0.454 e. The van der Waals surface area contributed by atoms with Crippen molar-refractivity contribution in [2.75, 3.05) is 12.9 Å². The maximum absolute atomic E-state index is 12.7. The molecule has 3 rings (SSSR count). The molecule has 9 nitrogen and oxygen atoms in total. The molecule has 0 amide bonds. The zero-order valence-corrected chi connectivity index (χ0v) is 19.2. The topological polar surface area (TPSA) is 126 Å². The lowest BCUT2D eigenvalue weighted by Gasteiger charge is -2.09. The van der Waals surface area contributed by atoms with Crippen LogP contribution in [0.3, 0.4) is 0 Å². The summed E-state index contributed by atoms with van der Waals surface area (Å²) in [4.78, 5) is 35.9. The van der Waals surface area contributed by atoms with Gasteiger partial charge in [-0.1, -0.05) is 6.07 Å². The van der Waals surface area contributed by atoms with Crippen LogP contribution >= 0.6 is 11.3 Å². The van der Waals surface area contributed by atoms with E-state index in [1.165, 1.54) is 0 Å². The number of nitro groups is 1. The third-order valence-electron chi connectivity index (χ3n) is 4.89. The average molecular weight is 477 g/mol. The highest BCUT2D eigenvalue weighted by Crippen LogP contribution is 2.25. The number of hydrogen-bond acceptors (Lipinski definition) is 8. The number of ketones is 1. The molecular weight excluding hydrogens is 456 g/mol. The molecule has 0 unspecified atom stereocenters. The second kappa shape index (κ2) is 9.05. The maximum atomic E-state index is 12.7. The highest BCUT2D eigenvalue weighted by atomic mass is 32.2. The van der Waals surface area contributed by atoms with Gasteiger partial charge in [0.05, 0.1) is 17.0 Å². The van der Waals surface area contributed by atoms with E-state index in [0.29, 0.717) is 12.1 Å². The minimum atomic E-state index is -3.86. The number of aromatic nitrogens is 1. The SMILES string of the molecule is Cc1cc(C(=O)COC(=O)c2ccc(S(C)(=O)=O)c([N+](=O)[O-])c2)c(C)n1Cc1cccs1. The highest BCUT2D eigenvalue weighted by Gasteiger charge is 2.25. The van der Waals surface area contributed by atoms with E-state index in [2.05, 4.69) is 0 Å². The lowest BCUT2D eigenvalue weighted by Crippen LogP contribution is -2.15. The molecule has 2 heterocycles. The van der Waals surface area contributed by atoms with Crippen LogP contribution in [-0.2, 0) is 21.1 Å². The number of ether oxygens (including phenoxy) is 1. The summed E-state index contributed by atoms with van der Waals surface area (Å²) in [6.07, 6.45) is 0.834. The number of aryl methyl sites for hydroxylation is 1. The second-order valence-electron chi connectivity index (χ2n) is 7.16. The summed E-state index contributed by atoms with van der Waals surface area (Å²) in [5, 5.41) is 13.2. The van der Waals surface area contributed by atoms with Crippen LogP contribution in [0.1, 0.15) is 37.0 Å². The molecule has 0 saturated carbocycles. The Kier molecular flexibility index (Phi) is 6.60. The number of sulfone groups is 1. The molecule has 0 aliphatic carbocycles. The minimum absolute atomic E-state index is 0.222. The van der Waals surface area contributed by atoms with Crippen molar-refractivity contribution < 1.29 is 27.7 Å². The largest absolute Gasteiger partial charge is 0.454 e. The van der Waals surface area contributed by atoms with Gasteiger partial charge in [0.15, 0.2) is 16.4 Å². The number of hydrogen-bond donors (Lipinski definition) is 0. The normalized spacial score (nSPS) is 11.3. The lowest BCUT2D eigenvalue weighted by atomic mass is 10.1. The Morgan fingerprint density at radius 2 is 1.91 bits per heavy atom. The number of rotatable bonds is 8. The van der Waals surface area contributed by atoms with Gasteiger partial charge in [0, 0.05) is 34.2 Å². The molecule has 0 fully saturated rings. The second-order valence-corrected chi connectivity index (χ2v) is 10.2. The van der Waals surface area contributed by atoms with Gasteiger partial charge in [-0.25, -0.2) is 13.2 Å². The van der Waals surface area contributed by atoms with Gasteiger partial charge in [-0.2, -0.15) is 0 Å². The Labute approximate surface area is 188 Å². The standard InChI is InChI=1S/C21H20N2O7S2/c1-13-9-17(14(2)22(13)11-16-5-4-8-31-16)19(24)12-30-21(25)15-6-7-20(32(3,28)29)18(10-15)23(26)27/h4-10H,11-12H2,1-3H3. The number of carbonyl (C=O) groups is 2. The molecule has 3 aromatic rings. The Morgan fingerprint density at radius 1 is 1.19 bits per heavy atom. The predicted molar refractivity (Wildman–Crippen MR) is 118 cm³/mol. The van der Waals surface area contributed by atoms with Crippen molar-refractivity contribution in [2.45, 2.75) is 25.3 Å². The van der Waals surface area contributed by atoms with E-state index >= 15 is 0 Å². The number of thiophene rings is 1. The van der Waals surface area contributed by atoms with Gasteiger partial charge in [0.25, 0.3) is 5.69 Å². The molecular formula is C21H20N2O7S2. The monoisotopic (exact) mass is 476 g/mol. The van der Waals surface area contributed by atoms with Crippen LogP contribution in [-0.4, -0.2) is 42.5 Å². The molecule has 0 N–H and O–H groups in total. The molecule has 0 bridgehead atoms. The number of carbonyl (C=O) groups excluding carboxylic acids is 2. The van der Waals surface area contributed by atoms with E-state index in [1.54, 1.807) is 17.4 Å². The van der Waals surface area contributed by atoms with Gasteiger partial charge < -0.3 is 9.30 Å². The van der Waals surface area contributed by atoms with Crippen LogP contribution in [0.5, 0.6) is 0 Å². The van der Waals surface area contributed by atoms with Crippen LogP contribution < -0.4 is 0 Å². The molecule has 0 atom stereocenters. The molecule has 32 heavy (non-hydrogen) atoms. The highest BCUT2D eigenvalue weighted by molar-refractivity contribution is 7.90. The predicted octanol–water partition coefficient (Wildman–Crippen LogP) is 3.57. The number of nitro benzene ring substituents is 1. The molecule has 168 valence electrons. The fourth-order valence-corrected chi connectivity index (χ4v) is 4.80. The molecule has 0 aliphatic rings. The van der Waals surface area contributed by atoms with Gasteiger partial charge in [-0.15, -0.1) is 11.3 Å². The Hall–Kier alpha value is -3.31. The van der Waals surface area contributed by atoms with Crippen molar-refractivity contribution in [1.29, 1.82) is 0 Å². The quantitative estimate of drug-likeness (QED) is 0.211. The summed E-state index contributed by atoms with van der Waals surface area (Å²) >= 11 is 1.61. The van der Waals surface area contributed by atoms with Crippen molar-refractivity contribution in [3.05, 3.63) is 79.3 Å².